The van der Waals surface area contributed by atoms with Gasteiger partial charge in [-0.3, -0.25) is 0 Å². The Morgan fingerprint density at radius 1 is 1.05 bits per heavy atom. The largest absolute Gasteiger partial charge is 0.244 e. The van der Waals surface area contributed by atoms with Gasteiger partial charge in [-0.05, 0) is 24.6 Å². The van der Waals surface area contributed by atoms with Gasteiger partial charge < -0.3 is 0 Å². The molecule has 0 saturated carbocycles. The highest BCUT2D eigenvalue weighted by molar-refractivity contribution is 9.09. The molecule has 3 nitrogen and oxygen atoms in total. The van der Waals surface area contributed by atoms with E-state index in [0.717, 1.165) is 11.1 Å². The van der Waals surface area contributed by atoms with E-state index in [9.17, 15) is 8.42 Å². The molecule has 0 N–H and O–H groups in total. The normalized spacial score (nSPS) is 24.8. The highest BCUT2D eigenvalue weighted by Crippen LogP contribution is 2.48. The maximum absolute atomic E-state index is 12.8. The van der Waals surface area contributed by atoms with Gasteiger partial charge in [0.2, 0.25) is 10.0 Å². The molecule has 0 aliphatic carbocycles. The summed E-state index contributed by atoms with van der Waals surface area (Å²) in [6, 6.07) is 16.7. The molecule has 1 saturated heterocycles. The van der Waals surface area contributed by atoms with Gasteiger partial charge in [0.05, 0.1) is 17.0 Å². The van der Waals surface area contributed by atoms with Crippen molar-refractivity contribution < 1.29 is 8.42 Å². The van der Waals surface area contributed by atoms with Gasteiger partial charge in [-0.25, -0.2) is 8.42 Å². The monoisotopic (exact) mass is 365 g/mol. The molecule has 0 aromatic heterocycles. The summed E-state index contributed by atoms with van der Waals surface area (Å²) < 4.78 is 27.1. The lowest BCUT2D eigenvalue weighted by Gasteiger charge is -2.07. The van der Waals surface area contributed by atoms with Gasteiger partial charge in [-0.1, -0.05) is 64.0 Å². The molecular weight excluding hydrogens is 350 g/mol. The second-order valence-corrected chi connectivity index (χ2v) is 7.72. The van der Waals surface area contributed by atoms with E-state index in [0.29, 0.717) is 10.2 Å². The standard InChI is InChI=1S/C16H16BrNO2S/c1-12-7-9-14(10-8-12)21(19,20)18-15(11-17)16(18)13-5-3-2-4-6-13/h2-10,15-16H,11H2,1H3/t15-,16+,18?/m1/s1. The average Bonchev–Trinajstić information content (AvgIpc) is 3.24. The predicted octanol–water partition coefficient (Wildman–Crippen LogP) is 3.50. The minimum absolute atomic E-state index is 0.0151. The molecule has 0 bridgehead atoms. The van der Waals surface area contributed by atoms with Gasteiger partial charge in [0, 0.05) is 5.33 Å². The lowest BCUT2D eigenvalue weighted by molar-refractivity contribution is 0.549. The Morgan fingerprint density at radius 2 is 1.67 bits per heavy atom. The molecule has 0 spiro atoms. The van der Waals surface area contributed by atoms with E-state index < -0.39 is 10.0 Å². The lowest BCUT2D eigenvalue weighted by Crippen LogP contribution is -2.15. The minimum atomic E-state index is -3.44. The van der Waals surface area contributed by atoms with Crippen LogP contribution in [-0.4, -0.2) is 24.1 Å². The number of sulfonamides is 1. The fraction of sp³-hybridized carbons (Fsp3) is 0.250. The van der Waals surface area contributed by atoms with Crippen molar-refractivity contribution in [1.29, 1.82) is 0 Å². The van der Waals surface area contributed by atoms with Crippen LogP contribution in [0.2, 0.25) is 0 Å². The van der Waals surface area contributed by atoms with E-state index >= 15 is 0 Å². The molecular formula is C16H16BrNO2S. The van der Waals surface area contributed by atoms with Crippen LogP contribution in [0.5, 0.6) is 0 Å². The van der Waals surface area contributed by atoms with Crippen molar-refractivity contribution in [3.8, 4) is 0 Å². The van der Waals surface area contributed by atoms with Gasteiger partial charge in [0.1, 0.15) is 0 Å². The highest BCUT2D eigenvalue weighted by atomic mass is 79.9. The van der Waals surface area contributed by atoms with Crippen LogP contribution >= 0.6 is 15.9 Å². The Morgan fingerprint density at radius 3 is 2.24 bits per heavy atom. The minimum Gasteiger partial charge on any atom is -0.207 e. The topological polar surface area (TPSA) is 37.1 Å². The second kappa shape index (κ2) is 5.55. The Kier molecular flexibility index (Phi) is 3.90. The van der Waals surface area contributed by atoms with Crippen LogP contribution in [0.1, 0.15) is 17.2 Å². The number of alkyl halides is 1. The third kappa shape index (κ3) is 2.65. The average molecular weight is 366 g/mol. The first-order valence-corrected chi connectivity index (χ1v) is 9.33. The molecule has 5 heteroatoms. The van der Waals surface area contributed by atoms with Crippen molar-refractivity contribution in [2.75, 3.05) is 5.33 Å². The number of halogens is 1. The zero-order valence-corrected chi connectivity index (χ0v) is 14.0. The Labute approximate surface area is 133 Å². The van der Waals surface area contributed by atoms with E-state index in [4.69, 9.17) is 0 Å². The molecule has 1 fully saturated rings. The maximum atomic E-state index is 12.8. The van der Waals surface area contributed by atoms with E-state index in [1.165, 1.54) is 0 Å². The Balaban J connectivity index is 1.94. The summed E-state index contributed by atoms with van der Waals surface area (Å²) in [5, 5.41) is 0.637. The van der Waals surface area contributed by atoms with Crippen LogP contribution in [0.25, 0.3) is 0 Å². The number of hydrogen-bond donors (Lipinski definition) is 0. The molecule has 0 radical (unpaired) electrons. The van der Waals surface area contributed by atoms with Crippen molar-refractivity contribution in [2.45, 2.75) is 23.9 Å². The van der Waals surface area contributed by atoms with Crippen LogP contribution in [0, 0.1) is 6.92 Å². The second-order valence-electron chi connectivity index (χ2n) is 5.23. The van der Waals surface area contributed by atoms with Gasteiger partial charge >= 0.3 is 0 Å². The zero-order chi connectivity index (χ0) is 15.0. The van der Waals surface area contributed by atoms with Crippen molar-refractivity contribution >= 4 is 26.0 Å². The number of hydrogen-bond acceptors (Lipinski definition) is 2. The first-order chi connectivity index (χ1) is 10.1. The molecule has 21 heavy (non-hydrogen) atoms. The third-order valence-corrected chi connectivity index (χ3v) is 6.36. The summed E-state index contributed by atoms with van der Waals surface area (Å²) in [4.78, 5) is 0.359. The SMILES string of the molecule is Cc1ccc(S(=O)(=O)N2[C@H](CBr)[C@@H]2c2ccccc2)cc1. The number of nitrogens with zero attached hydrogens (tertiary/aromatic N) is 1. The van der Waals surface area contributed by atoms with Gasteiger partial charge in [-0.15, -0.1) is 0 Å². The molecule has 1 heterocycles. The summed E-state index contributed by atoms with van der Waals surface area (Å²) in [6.07, 6.45) is 0. The Hall–Kier alpha value is -1.17. The quantitative estimate of drug-likeness (QED) is 0.614. The van der Waals surface area contributed by atoms with E-state index in [1.807, 2.05) is 49.4 Å². The molecule has 1 aliphatic rings. The summed E-state index contributed by atoms with van der Waals surface area (Å²) in [6.45, 7) is 1.95. The fourth-order valence-corrected chi connectivity index (χ4v) is 5.22. The van der Waals surface area contributed by atoms with Crippen molar-refractivity contribution in [3.05, 3.63) is 65.7 Å². The fourth-order valence-electron chi connectivity index (χ4n) is 2.59. The molecule has 3 rings (SSSR count). The van der Waals surface area contributed by atoms with Crippen LogP contribution in [0.3, 0.4) is 0 Å². The lowest BCUT2D eigenvalue weighted by atomic mass is 10.1. The molecule has 0 amide bonds. The molecule has 1 aliphatic heterocycles. The highest BCUT2D eigenvalue weighted by Gasteiger charge is 2.55. The predicted molar refractivity (Wildman–Crippen MR) is 87.0 cm³/mol. The molecule has 110 valence electrons. The first kappa shape index (κ1) is 14.8. The third-order valence-electron chi connectivity index (χ3n) is 3.77. The first-order valence-electron chi connectivity index (χ1n) is 6.77. The van der Waals surface area contributed by atoms with E-state index in [1.54, 1.807) is 16.4 Å². The smallest absolute Gasteiger partial charge is 0.207 e. The van der Waals surface area contributed by atoms with Crippen LogP contribution in [0.15, 0.2) is 59.5 Å². The van der Waals surface area contributed by atoms with Gasteiger partial charge in [0.15, 0.2) is 0 Å². The van der Waals surface area contributed by atoms with Crippen molar-refractivity contribution in [3.63, 3.8) is 0 Å². The summed E-state index contributed by atoms with van der Waals surface area (Å²) >= 11 is 3.42. The van der Waals surface area contributed by atoms with Gasteiger partial charge in [-0.2, -0.15) is 4.31 Å². The number of benzene rings is 2. The molecule has 2 aromatic carbocycles. The van der Waals surface area contributed by atoms with Crippen molar-refractivity contribution in [1.82, 2.24) is 4.31 Å². The van der Waals surface area contributed by atoms with Gasteiger partial charge in [0.25, 0.3) is 0 Å². The number of aryl methyl sites for hydroxylation is 1. The maximum Gasteiger partial charge on any atom is 0.244 e. The number of rotatable bonds is 4. The molecule has 2 aromatic rings. The zero-order valence-electron chi connectivity index (χ0n) is 11.6. The van der Waals surface area contributed by atoms with Crippen LogP contribution in [0.4, 0.5) is 0 Å². The summed E-state index contributed by atoms with van der Waals surface area (Å²) in [5.74, 6) is 0. The molecule has 1 unspecified atom stereocenters. The van der Waals surface area contributed by atoms with E-state index in [-0.39, 0.29) is 12.1 Å². The summed E-state index contributed by atoms with van der Waals surface area (Å²) in [5.41, 5.74) is 2.09. The van der Waals surface area contributed by atoms with Crippen LogP contribution < -0.4 is 0 Å². The summed E-state index contributed by atoms with van der Waals surface area (Å²) in [7, 11) is -3.44. The van der Waals surface area contributed by atoms with Crippen molar-refractivity contribution in [2.24, 2.45) is 0 Å². The molecule has 3 atom stereocenters. The van der Waals surface area contributed by atoms with E-state index in [2.05, 4.69) is 15.9 Å². The Bertz CT molecular complexity index is 729. The van der Waals surface area contributed by atoms with Crippen LogP contribution in [-0.2, 0) is 10.0 Å².